The van der Waals surface area contributed by atoms with Crippen molar-refractivity contribution >= 4 is 22.4 Å². The maximum atomic E-state index is 13.0. The maximum absolute atomic E-state index is 13.0. The molecule has 6 nitrogen and oxygen atoms in total. The van der Waals surface area contributed by atoms with Gasteiger partial charge in [-0.3, -0.25) is 0 Å². The zero-order valence-electron chi connectivity index (χ0n) is 12.7. The minimum absolute atomic E-state index is 0.174. The van der Waals surface area contributed by atoms with Crippen LogP contribution in [-0.4, -0.2) is 22.2 Å². The Bertz CT molecular complexity index is 800. The van der Waals surface area contributed by atoms with Gasteiger partial charge in [-0.25, -0.2) is 14.4 Å². The molecule has 1 fully saturated rings. The summed E-state index contributed by atoms with van der Waals surface area (Å²) in [5.41, 5.74) is 8.69. The highest BCUT2D eigenvalue weighted by molar-refractivity contribution is 6.30. The molecule has 1 aliphatic rings. The molecule has 0 amide bonds. The van der Waals surface area contributed by atoms with Crippen molar-refractivity contribution in [3.8, 4) is 5.88 Å². The summed E-state index contributed by atoms with van der Waals surface area (Å²) in [6, 6.07) is 1.69. The van der Waals surface area contributed by atoms with Gasteiger partial charge in [-0.15, -0.1) is 0 Å². The Hall–Kier alpha value is -2.11. The Balaban J connectivity index is 2.10. The molecule has 0 unspecified atom stereocenters. The van der Waals surface area contributed by atoms with Gasteiger partial charge in [0.05, 0.1) is 10.9 Å². The summed E-state index contributed by atoms with van der Waals surface area (Å²) in [6.07, 6.45) is 2.94. The number of hydrogen-bond donors (Lipinski definition) is 0. The zero-order chi connectivity index (χ0) is 16.6. The third-order valence-electron chi connectivity index (χ3n) is 3.97. The van der Waals surface area contributed by atoms with Crippen LogP contribution in [0.5, 0.6) is 5.88 Å². The fraction of sp³-hybridized carbons (Fsp3) is 0.467. The quantitative estimate of drug-likeness (QED) is 0.351. The van der Waals surface area contributed by atoms with E-state index in [1.165, 1.54) is 0 Å². The average molecular weight is 336 g/mol. The Morgan fingerprint density at radius 3 is 2.74 bits per heavy atom. The lowest BCUT2D eigenvalue weighted by Gasteiger charge is -2.30. The van der Waals surface area contributed by atoms with E-state index < -0.39 is 11.7 Å². The van der Waals surface area contributed by atoms with E-state index in [0.717, 1.165) is 10.9 Å². The van der Waals surface area contributed by atoms with Gasteiger partial charge in [0.1, 0.15) is 17.4 Å². The summed E-state index contributed by atoms with van der Waals surface area (Å²) in [6.45, 7) is 3.58. The van der Waals surface area contributed by atoms with Gasteiger partial charge in [-0.05, 0) is 22.5 Å². The summed E-state index contributed by atoms with van der Waals surface area (Å²) in [7, 11) is 0. The molecule has 1 saturated carbocycles. The molecule has 0 saturated heterocycles. The van der Waals surface area contributed by atoms with Crippen LogP contribution in [0.15, 0.2) is 23.6 Å². The molecule has 2 aromatic rings. The smallest absolute Gasteiger partial charge is 0.223 e. The number of azide groups is 1. The van der Waals surface area contributed by atoms with E-state index in [0.29, 0.717) is 29.3 Å². The fourth-order valence-corrected chi connectivity index (χ4v) is 2.75. The van der Waals surface area contributed by atoms with E-state index in [1.54, 1.807) is 32.3 Å². The SMILES string of the molecule is CC(C)(N=[N+]=[N-])c1cnc(O[C@H]2C[C@@H](F)C2)c2cnc(Cl)cc12. The molecule has 1 aliphatic carbocycles. The molecule has 23 heavy (non-hydrogen) atoms. The number of fused-ring (bicyclic) bond motifs is 1. The number of ether oxygens (including phenoxy) is 1. The highest BCUT2D eigenvalue weighted by Gasteiger charge is 2.32. The van der Waals surface area contributed by atoms with Crippen LogP contribution < -0.4 is 4.74 Å². The Labute approximate surface area is 137 Å². The zero-order valence-corrected chi connectivity index (χ0v) is 13.5. The molecule has 8 heteroatoms. The molecular formula is C15H15ClFN5O. The monoisotopic (exact) mass is 335 g/mol. The Morgan fingerprint density at radius 1 is 1.35 bits per heavy atom. The minimum Gasteiger partial charge on any atom is -0.474 e. The second-order valence-electron chi connectivity index (χ2n) is 6.09. The molecule has 3 rings (SSSR count). The van der Waals surface area contributed by atoms with Crippen molar-refractivity contribution in [1.29, 1.82) is 0 Å². The first-order valence-corrected chi connectivity index (χ1v) is 7.60. The summed E-state index contributed by atoms with van der Waals surface area (Å²) in [4.78, 5) is 11.3. The summed E-state index contributed by atoms with van der Waals surface area (Å²) in [5.74, 6) is 0.390. The molecule has 120 valence electrons. The second kappa shape index (κ2) is 5.83. The van der Waals surface area contributed by atoms with Gasteiger partial charge >= 0.3 is 0 Å². The van der Waals surface area contributed by atoms with Crippen molar-refractivity contribution in [2.24, 2.45) is 5.11 Å². The number of aromatic nitrogens is 2. The van der Waals surface area contributed by atoms with Gasteiger partial charge in [0.15, 0.2) is 0 Å². The van der Waals surface area contributed by atoms with Crippen molar-refractivity contribution in [3.05, 3.63) is 39.6 Å². The predicted molar refractivity (Wildman–Crippen MR) is 85.3 cm³/mol. The first kappa shape index (κ1) is 15.8. The number of pyridine rings is 2. The molecule has 0 spiro atoms. The van der Waals surface area contributed by atoms with Crippen LogP contribution >= 0.6 is 11.6 Å². The third kappa shape index (κ3) is 3.02. The van der Waals surface area contributed by atoms with Crippen molar-refractivity contribution in [2.75, 3.05) is 0 Å². The summed E-state index contributed by atoms with van der Waals surface area (Å²) in [5, 5.41) is 5.56. The molecule has 0 aromatic carbocycles. The summed E-state index contributed by atoms with van der Waals surface area (Å²) >= 11 is 6.01. The highest BCUT2D eigenvalue weighted by Crippen LogP contribution is 2.37. The van der Waals surface area contributed by atoms with Gasteiger partial charge in [0, 0.05) is 30.1 Å². The van der Waals surface area contributed by atoms with Gasteiger partial charge in [-0.1, -0.05) is 30.6 Å². The Morgan fingerprint density at radius 2 is 2.09 bits per heavy atom. The predicted octanol–water partition coefficient (Wildman–Crippen LogP) is 4.71. The van der Waals surface area contributed by atoms with Crippen LogP contribution in [0.25, 0.3) is 21.2 Å². The van der Waals surface area contributed by atoms with Crippen molar-refractivity contribution < 1.29 is 9.13 Å². The van der Waals surface area contributed by atoms with Crippen LogP contribution in [0, 0.1) is 0 Å². The first-order chi connectivity index (χ1) is 10.9. The van der Waals surface area contributed by atoms with Crippen molar-refractivity contribution in [2.45, 2.75) is 44.5 Å². The van der Waals surface area contributed by atoms with Crippen LogP contribution in [0.3, 0.4) is 0 Å². The number of alkyl halides is 1. The van der Waals surface area contributed by atoms with E-state index in [2.05, 4.69) is 20.0 Å². The molecule has 2 heterocycles. The van der Waals surface area contributed by atoms with Crippen LogP contribution in [0.4, 0.5) is 4.39 Å². The molecule has 2 aromatic heterocycles. The summed E-state index contributed by atoms with van der Waals surface area (Å²) < 4.78 is 18.7. The largest absolute Gasteiger partial charge is 0.474 e. The van der Waals surface area contributed by atoms with Gasteiger partial charge in [0.2, 0.25) is 5.88 Å². The molecule has 0 atom stereocenters. The number of hydrogen-bond acceptors (Lipinski definition) is 4. The topological polar surface area (TPSA) is 83.8 Å². The van der Waals surface area contributed by atoms with Gasteiger partial charge in [0.25, 0.3) is 0 Å². The third-order valence-corrected chi connectivity index (χ3v) is 4.18. The normalized spacial score (nSPS) is 20.7. The van der Waals surface area contributed by atoms with Gasteiger partial charge in [-0.2, -0.15) is 0 Å². The molecule has 0 radical (unpaired) electrons. The Kier molecular flexibility index (Phi) is 4.00. The van der Waals surface area contributed by atoms with Crippen molar-refractivity contribution in [3.63, 3.8) is 0 Å². The van der Waals surface area contributed by atoms with Crippen molar-refractivity contribution in [1.82, 2.24) is 9.97 Å². The van der Waals surface area contributed by atoms with E-state index in [1.807, 2.05) is 0 Å². The van der Waals surface area contributed by atoms with Gasteiger partial charge < -0.3 is 4.74 Å². The first-order valence-electron chi connectivity index (χ1n) is 7.22. The fourth-order valence-electron chi connectivity index (χ4n) is 2.59. The second-order valence-corrected chi connectivity index (χ2v) is 6.47. The lowest BCUT2D eigenvalue weighted by molar-refractivity contribution is 0.0389. The highest BCUT2D eigenvalue weighted by atomic mass is 35.5. The lowest BCUT2D eigenvalue weighted by Crippen LogP contribution is -2.35. The lowest BCUT2D eigenvalue weighted by atomic mass is 9.92. The molecule has 0 N–H and O–H groups in total. The molecule has 0 bridgehead atoms. The van der Waals surface area contributed by atoms with Crippen LogP contribution in [0.2, 0.25) is 5.15 Å². The number of nitrogens with zero attached hydrogens (tertiary/aromatic N) is 5. The average Bonchev–Trinajstić information content (AvgIpc) is 2.45. The molecule has 0 aliphatic heterocycles. The van der Waals surface area contributed by atoms with E-state index in [9.17, 15) is 4.39 Å². The van der Waals surface area contributed by atoms with Crippen LogP contribution in [-0.2, 0) is 5.54 Å². The minimum atomic E-state index is -0.804. The van der Waals surface area contributed by atoms with E-state index >= 15 is 0 Å². The van der Waals surface area contributed by atoms with Crippen LogP contribution in [0.1, 0.15) is 32.3 Å². The number of halogens is 2. The van der Waals surface area contributed by atoms with E-state index in [4.69, 9.17) is 21.9 Å². The molecular weight excluding hydrogens is 321 g/mol. The maximum Gasteiger partial charge on any atom is 0.223 e. The van der Waals surface area contributed by atoms with E-state index in [-0.39, 0.29) is 6.10 Å². The number of rotatable bonds is 4. The standard InChI is InChI=1S/C15H15ClFN5O/c1-15(2,21-22-18)12-7-20-14(23-9-3-8(17)4-9)11-6-19-13(16)5-10(11)12/h5-9H,3-4H2,1-2H3/t8-,9+.